The van der Waals surface area contributed by atoms with E-state index >= 15 is 0 Å². The fourth-order valence-electron chi connectivity index (χ4n) is 3.78. The van der Waals surface area contributed by atoms with Gasteiger partial charge in [0.2, 0.25) is 0 Å². The highest BCUT2D eigenvalue weighted by molar-refractivity contribution is 6.03. The van der Waals surface area contributed by atoms with Gasteiger partial charge in [0.15, 0.2) is 0 Å². The summed E-state index contributed by atoms with van der Waals surface area (Å²) in [5.74, 6) is -3.13. The smallest absolute Gasteiger partial charge is 0.351 e. The number of carbonyl (C=O) groups excluding carboxylic acids is 1. The Labute approximate surface area is 163 Å². The molecule has 0 aliphatic heterocycles. The minimum absolute atomic E-state index is 0.0160. The third kappa shape index (κ3) is 3.41. The molecule has 0 fully saturated rings. The van der Waals surface area contributed by atoms with E-state index in [1.807, 2.05) is 62.4 Å². The van der Waals surface area contributed by atoms with Crippen LogP contribution in [0.4, 0.5) is 0 Å². The molecular weight excluding hydrogens is 358 g/mol. The second-order valence-corrected chi connectivity index (χ2v) is 7.63. The fraction of sp³-hybridized carbons (Fsp3) is 0.364. The quantitative estimate of drug-likeness (QED) is 0.501. The van der Waals surface area contributed by atoms with Gasteiger partial charge >= 0.3 is 11.9 Å². The zero-order valence-corrected chi connectivity index (χ0v) is 16.0. The first kappa shape index (κ1) is 20.0. The zero-order chi connectivity index (χ0) is 20.5. The summed E-state index contributed by atoms with van der Waals surface area (Å²) in [6.45, 7) is 3.59. The number of hydrogen-bond donors (Lipinski definition) is 3. The number of carboxylic acid groups (broad SMARTS) is 1. The minimum atomic E-state index is -2.78. The summed E-state index contributed by atoms with van der Waals surface area (Å²) < 4.78 is 5.32. The lowest BCUT2D eigenvalue weighted by molar-refractivity contribution is -0.183. The molecule has 0 heterocycles. The predicted molar refractivity (Wildman–Crippen MR) is 105 cm³/mol. The number of fused-ring (bicyclic) bond motifs is 3. The summed E-state index contributed by atoms with van der Waals surface area (Å²) in [7, 11) is 0. The Hall–Kier alpha value is -2.70. The predicted octanol–water partition coefficient (Wildman–Crippen LogP) is 2.53. The largest absolute Gasteiger partial charge is 0.479 e. The summed E-state index contributed by atoms with van der Waals surface area (Å²) in [6.07, 6.45) is 0.174. The van der Waals surface area contributed by atoms with Gasteiger partial charge in [-0.25, -0.2) is 9.59 Å². The van der Waals surface area contributed by atoms with Gasteiger partial charge < -0.3 is 20.7 Å². The normalized spacial score (nSPS) is 16.2. The first-order valence-electron chi connectivity index (χ1n) is 9.33. The van der Waals surface area contributed by atoms with Crippen molar-refractivity contribution in [2.24, 2.45) is 11.7 Å². The van der Waals surface area contributed by atoms with Crippen molar-refractivity contribution in [3.63, 3.8) is 0 Å². The van der Waals surface area contributed by atoms with Crippen LogP contribution >= 0.6 is 0 Å². The highest BCUT2D eigenvalue weighted by Gasteiger charge is 2.51. The van der Waals surface area contributed by atoms with Crippen molar-refractivity contribution in [3.05, 3.63) is 59.7 Å². The van der Waals surface area contributed by atoms with Gasteiger partial charge in [-0.05, 0) is 34.6 Å². The van der Waals surface area contributed by atoms with Gasteiger partial charge in [0.25, 0.3) is 5.60 Å². The van der Waals surface area contributed by atoms with Crippen molar-refractivity contribution < 1.29 is 24.5 Å². The molecule has 0 saturated carbocycles. The minimum Gasteiger partial charge on any atom is -0.479 e. The summed E-state index contributed by atoms with van der Waals surface area (Å²) >= 11 is 0. The van der Waals surface area contributed by atoms with Gasteiger partial charge in [-0.1, -0.05) is 62.4 Å². The molecule has 28 heavy (non-hydrogen) atoms. The molecule has 2 atom stereocenters. The highest BCUT2D eigenvalue weighted by atomic mass is 16.6. The molecule has 2 aromatic carbocycles. The van der Waals surface area contributed by atoms with Gasteiger partial charge in [-0.2, -0.15) is 0 Å². The Morgan fingerprint density at radius 2 is 1.57 bits per heavy atom. The first-order valence-corrected chi connectivity index (χ1v) is 9.33. The molecule has 6 heteroatoms. The number of carbonyl (C=O) groups is 2. The maximum absolute atomic E-state index is 12.6. The average molecular weight is 383 g/mol. The number of benzene rings is 2. The van der Waals surface area contributed by atoms with Crippen molar-refractivity contribution in [2.45, 2.75) is 37.8 Å². The molecule has 4 N–H and O–H groups in total. The van der Waals surface area contributed by atoms with Crippen LogP contribution in [-0.4, -0.2) is 40.4 Å². The van der Waals surface area contributed by atoms with E-state index in [9.17, 15) is 19.8 Å². The molecule has 0 radical (unpaired) electrons. The molecule has 0 spiro atoms. The summed E-state index contributed by atoms with van der Waals surface area (Å²) in [4.78, 5) is 24.2. The molecule has 0 saturated heterocycles. The third-order valence-corrected chi connectivity index (χ3v) is 5.24. The molecule has 2 aromatic rings. The van der Waals surface area contributed by atoms with E-state index in [4.69, 9.17) is 10.5 Å². The number of carboxylic acids is 1. The number of rotatable bonds is 7. The van der Waals surface area contributed by atoms with E-state index < -0.39 is 23.6 Å². The summed E-state index contributed by atoms with van der Waals surface area (Å²) in [5.41, 5.74) is 7.21. The van der Waals surface area contributed by atoms with Crippen molar-refractivity contribution >= 4 is 11.9 Å². The van der Waals surface area contributed by atoms with Crippen LogP contribution < -0.4 is 5.73 Å². The van der Waals surface area contributed by atoms with Gasteiger partial charge in [-0.3, -0.25) is 0 Å². The van der Waals surface area contributed by atoms with E-state index in [1.165, 1.54) is 0 Å². The maximum atomic E-state index is 12.6. The van der Waals surface area contributed by atoms with Crippen LogP contribution in [0.15, 0.2) is 48.5 Å². The van der Waals surface area contributed by atoms with Crippen molar-refractivity contribution in [1.29, 1.82) is 0 Å². The Morgan fingerprint density at radius 3 is 2.04 bits per heavy atom. The van der Waals surface area contributed by atoms with Crippen LogP contribution in [0.2, 0.25) is 0 Å². The van der Waals surface area contributed by atoms with Gasteiger partial charge in [0, 0.05) is 5.92 Å². The molecular formula is C22H25NO5. The van der Waals surface area contributed by atoms with Crippen molar-refractivity contribution in [3.8, 4) is 11.1 Å². The molecule has 1 aliphatic rings. The van der Waals surface area contributed by atoms with E-state index in [1.54, 1.807) is 0 Å². The lowest BCUT2D eigenvalue weighted by Crippen LogP contribution is -2.60. The number of aliphatic carboxylic acids is 1. The maximum Gasteiger partial charge on any atom is 0.351 e. The molecule has 0 aromatic heterocycles. The lowest BCUT2D eigenvalue weighted by atomic mass is 9.88. The lowest BCUT2D eigenvalue weighted by Gasteiger charge is -2.29. The summed E-state index contributed by atoms with van der Waals surface area (Å²) in [5, 5.41) is 20.0. The second-order valence-electron chi connectivity index (χ2n) is 7.63. The molecule has 6 nitrogen and oxygen atoms in total. The fourth-order valence-corrected chi connectivity index (χ4v) is 3.78. The molecule has 0 unspecified atom stereocenters. The number of nitrogens with two attached hydrogens (primary N) is 1. The Balaban J connectivity index is 1.83. The van der Waals surface area contributed by atoms with E-state index in [0.717, 1.165) is 22.3 Å². The van der Waals surface area contributed by atoms with Crippen LogP contribution in [0, 0.1) is 5.92 Å². The van der Waals surface area contributed by atoms with Crippen LogP contribution in [0.1, 0.15) is 37.3 Å². The molecule has 148 valence electrons. The standard InChI is InChI=1S/C22H25NO5/c1-13(2)11-19(23)22(27,20(24)25)21(26)28-12-18-16-9-5-3-7-14(16)15-8-4-6-10-17(15)18/h3-10,13,18-19,27H,11-12,23H2,1-2H3,(H,24,25)/t19-,22-/m0/s1. The number of hydrogen-bond acceptors (Lipinski definition) is 5. The number of ether oxygens (including phenoxy) is 1. The molecule has 1 aliphatic carbocycles. The van der Waals surface area contributed by atoms with Gasteiger partial charge in [0.1, 0.15) is 6.61 Å². The van der Waals surface area contributed by atoms with E-state index in [-0.39, 0.29) is 24.9 Å². The Kier molecular flexibility index (Phi) is 5.54. The molecule has 3 rings (SSSR count). The Morgan fingerprint density at radius 1 is 1.07 bits per heavy atom. The van der Waals surface area contributed by atoms with Gasteiger partial charge in [0.05, 0.1) is 6.04 Å². The molecule has 0 bridgehead atoms. The SMILES string of the molecule is CC(C)C[C@H](N)[C@](O)(C(=O)O)C(=O)OCC1c2ccccc2-c2ccccc21. The highest BCUT2D eigenvalue weighted by Crippen LogP contribution is 2.44. The molecule has 0 amide bonds. The van der Waals surface area contributed by atoms with Gasteiger partial charge in [-0.15, -0.1) is 0 Å². The number of esters is 1. The van der Waals surface area contributed by atoms with Crippen LogP contribution in [0.3, 0.4) is 0 Å². The summed E-state index contributed by atoms with van der Waals surface area (Å²) in [6, 6.07) is 14.4. The monoisotopic (exact) mass is 383 g/mol. The number of aliphatic hydroxyl groups is 1. The van der Waals surface area contributed by atoms with Crippen molar-refractivity contribution in [1.82, 2.24) is 0 Å². The van der Waals surface area contributed by atoms with E-state index in [2.05, 4.69) is 0 Å². The van der Waals surface area contributed by atoms with Crippen molar-refractivity contribution in [2.75, 3.05) is 6.61 Å². The second kappa shape index (κ2) is 7.73. The average Bonchev–Trinajstić information content (AvgIpc) is 2.98. The zero-order valence-electron chi connectivity index (χ0n) is 16.0. The van der Waals surface area contributed by atoms with Crippen LogP contribution in [0.25, 0.3) is 11.1 Å². The van der Waals surface area contributed by atoms with Crippen LogP contribution in [-0.2, 0) is 14.3 Å². The van der Waals surface area contributed by atoms with E-state index in [0.29, 0.717) is 0 Å². The Bertz CT molecular complexity index is 849. The topological polar surface area (TPSA) is 110 Å². The third-order valence-electron chi connectivity index (χ3n) is 5.24. The van der Waals surface area contributed by atoms with Crippen LogP contribution in [0.5, 0.6) is 0 Å². The first-order chi connectivity index (χ1) is 13.3.